The number of nitrogens with zero attached hydrogens (tertiary/aromatic N) is 1. The first-order chi connectivity index (χ1) is 7.25. The number of aromatic amines is 1. The lowest BCUT2D eigenvalue weighted by Gasteiger charge is -2.06. The fraction of sp³-hybridized carbons (Fsp3) is 0.250. The van der Waals surface area contributed by atoms with Crippen molar-refractivity contribution in [1.29, 1.82) is 0 Å². The van der Waals surface area contributed by atoms with Crippen molar-refractivity contribution >= 4 is 0 Å². The van der Waals surface area contributed by atoms with Crippen molar-refractivity contribution < 1.29 is 4.74 Å². The van der Waals surface area contributed by atoms with Gasteiger partial charge in [0.15, 0.2) is 0 Å². The number of hydrogen-bond acceptors (Lipinski definition) is 2. The molecule has 0 fully saturated rings. The van der Waals surface area contributed by atoms with Gasteiger partial charge in [-0.2, -0.15) is 0 Å². The van der Waals surface area contributed by atoms with Gasteiger partial charge in [0.05, 0.1) is 0 Å². The molecule has 1 aromatic heterocycles. The average molecular weight is 202 g/mol. The van der Waals surface area contributed by atoms with Crippen molar-refractivity contribution in [2.45, 2.75) is 20.5 Å². The molecule has 1 heterocycles. The van der Waals surface area contributed by atoms with Crippen LogP contribution in [-0.4, -0.2) is 9.97 Å². The first-order valence-electron chi connectivity index (χ1n) is 4.94. The second-order valence-corrected chi connectivity index (χ2v) is 3.57. The van der Waals surface area contributed by atoms with Crippen LogP contribution in [0.25, 0.3) is 0 Å². The van der Waals surface area contributed by atoms with Crippen LogP contribution in [0, 0.1) is 13.8 Å². The van der Waals surface area contributed by atoms with Crippen LogP contribution in [0.3, 0.4) is 0 Å². The molecule has 0 aliphatic heterocycles. The first-order valence-corrected chi connectivity index (χ1v) is 4.94. The largest absolute Gasteiger partial charge is 0.485 e. The molecule has 0 saturated heterocycles. The highest BCUT2D eigenvalue weighted by Gasteiger charge is 2.00. The maximum absolute atomic E-state index is 5.64. The van der Waals surface area contributed by atoms with E-state index in [0.717, 1.165) is 22.8 Å². The van der Waals surface area contributed by atoms with Crippen molar-refractivity contribution in [1.82, 2.24) is 9.97 Å². The highest BCUT2D eigenvalue weighted by Crippen LogP contribution is 2.17. The quantitative estimate of drug-likeness (QED) is 0.830. The minimum Gasteiger partial charge on any atom is -0.485 e. The number of nitrogens with one attached hydrogen (secondary N) is 1. The Balaban J connectivity index is 2.02. The van der Waals surface area contributed by atoms with Crippen molar-refractivity contribution in [3.05, 3.63) is 47.5 Å². The Morgan fingerprint density at radius 3 is 2.73 bits per heavy atom. The van der Waals surface area contributed by atoms with Gasteiger partial charge in [-0.3, -0.25) is 0 Å². The lowest BCUT2D eigenvalue weighted by molar-refractivity contribution is 0.295. The van der Waals surface area contributed by atoms with Gasteiger partial charge in [0, 0.05) is 11.9 Å². The second kappa shape index (κ2) is 4.17. The first kappa shape index (κ1) is 9.77. The van der Waals surface area contributed by atoms with Crippen molar-refractivity contribution in [3.8, 4) is 5.75 Å². The topological polar surface area (TPSA) is 37.9 Å². The lowest BCUT2D eigenvalue weighted by Crippen LogP contribution is -1.98. The third kappa shape index (κ3) is 2.37. The van der Waals surface area contributed by atoms with E-state index in [0.29, 0.717) is 6.61 Å². The number of aromatic nitrogens is 2. The van der Waals surface area contributed by atoms with Gasteiger partial charge in [-0.25, -0.2) is 4.98 Å². The smallest absolute Gasteiger partial charge is 0.146 e. The molecule has 3 nitrogen and oxygen atoms in total. The van der Waals surface area contributed by atoms with E-state index in [-0.39, 0.29) is 0 Å². The molecule has 3 heteroatoms. The number of rotatable bonds is 3. The molecule has 0 atom stereocenters. The lowest BCUT2D eigenvalue weighted by atomic mass is 10.2. The third-order valence-corrected chi connectivity index (χ3v) is 2.21. The molecule has 0 aliphatic rings. The summed E-state index contributed by atoms with van der Waals surface area (Å²) in [7, 11) is 0. The van der Waals surface area contributed by atoms with Gasteiger partial charge >= 0.3 is 0 Å². The maximum atomic E-state index is 5.64. The zero-order valence-electron chi connectivity index (χ0n) is 8.95. The summed E-state index contributed by atoms with van der Waals surface area (Å²) < 4.78 is 5.64. The minimum absolute atomic E-state index is 0.485. The van der Waals surface area contributed by atoms with Gasteiger partial charge in [-0.15, -0.1) is 0 Å². The Hall–Kier alpha value is -1.77. The second-order valence-electron chi connectivity index (χ2n) is 3.57. The number of aryl methyl sites for hydroxylation is 2. The fourth-order valence-electron chi connectivity index (χ4n) is 1.40. The van der Waals surface area contributed by atoms with E-state index in [1.54, 1.807) is 6.20 Å². The van der Waals surface area contributed by atoms with E-state index < -0.39 is 0 Å². The third-order valence-electron chi connectivity index (χ3n) is 2.21. The molecule has 1 N–H and O–H groups in total. The molecule has 0 amide bonds. The number of ether oxygens (including phenoxy) is 1. The van der Waals surface area contributed by atoms with Crippen LogP contribution in [0.4, 0.5) is 0 Å². The van der Waals surface area contributed by atoms with Crippen LogP contribution in [0.1, 0.15) is 17.1 Å². The van der Waals surface area contributed by atoms with Gasteiger partial charge in [-0.05, 0) is 25.5 Å². The average Bonchev–Trinajstić information content (AvgIpc) is 2.63. The summed E-state index contributed by atoms with van der Waals surface area (Å²) in [5, 5.41) is 0. The fourth-order valence-corrected chi connectivity index (χ4v) is 1.40. The Kier molecular flexibility index (Phi) is 2.72. The van der Waals surface area contributed by atoms with Gasteiger partial charge in [0.1, 0.15) is 18.2 Å². The molecule has 0 radical (unpaired) electrons. The van der Waals surface area contributed by atoms with E-state index in [1.807, 2.05) is 38.1 Å². The summed E-state index contributed by atoms with van der Waals surface area (Å²) >= 11 is 0. The monoisotopic (exact) mass is 202 g/mol. The van der Waals surface area contributed by atoms with E-state index >= 15 is 0 Å². The Morgan fingerprint density at radius 2 is 2.07 bits per heavy atom. The maximum Gasteiger partial charge on any atom is 0.146 e. The Labute approximate surface area is 89.1 Å². The molecule has 1 aromatic carbocycles. The van der Waals surface area contributed by atoms with Gasteiger partial charge in [0.25, 0.3) is 0 Å². The van der Waals surface area contributed by atoms with Gasteiger partial charge in [-0.1, -0.05) is 18.2 Å². The molecule has 2 aromatic rings. The molecule has 2 rings (SSSR count). The zero-order valence-corrected chi connectivity index (χ0v) is 8.95. The Morgan fingerprint density at radius 1 is 1.27 bits per heavy atom. The molecule has 0 spiro atoms. The van der Waals surface area contributed by atoms with Crippen molar-refractivity contribution in [2.75, 3.05) is 0 Å². The van der Waals surface area contributed by atoms with Crippen LogP contribution >= 0.6 is 0 Å². The van der Waals surface area contributed by atoms with Crippen LogP contribution in [-0.2, 0) is 6.61 Å². The predicted molar refractivity (Wildman–Crippen MR) is 58.8 cm³/mol. The summed E-state index contributed by atoms with van der Waals surface area (Å²) in [6.45, 7) is 4.49. The van der Waals surface area contributed by atoms with E-state index in [9.17, 15) is 0 Å². The minimum atomic E-state index is 0.485. The summed E-state index contributed by atoms with van der Waals surface area (Å²) in [6, 6.07) is 7.96. The Bertz CT molecular complexity index is 448. The molecule has 0 aliphatic carbocycles. The molecule has 0 unspecified atom stereocenters. The predicted octanol–water partition coefficient (Wildman–Crippen LogP) is 2.61. The molecule has 78 valence electrons. The summed E-state index contributed by atoms with van der Waals surface area (Å²) in [5.74, 6) is 1.77. The SMILES string of the molecule is Cc1cnc(COc2ccccc2C)[nH]1. The standard InChI is InChI=1S/C12H14N2O/c1-9-5-3-4-6-11(9)15-8-12-13-7-10(2)14-12/h3-7H,8H2,1-2H3,(H,13,14). The highest BCUT2D eigenvalue weighted by atomic mass is 16.5. The summed E-state index contributed by atoms with van der Waals surface area (Å²) in [4.78, 5) is 7.31. The van der Waals surface area contributed by atoms with Crippen molar-refractivity contribution in [3.63, 3.8) is 0 Å². The van der Waals surface area contributed by atoms with Crippen LogP contribution in [0.2, 0.25) is 0 Å². The van der Waals surface area contributed by atoms with Crippen molar-refractivity contribution in [2.24, 2.45) is 0 Å². The molecular formula is C12H14N2O. The molecule has 0 saturated carbocycles. The van der Waals surface area contributed by atoms with E-state index in [2.05, 4.69) is 9.97 Å². The molecular weight excluding hydrogens is 188 g/mol. The van der Waals surface area contributed by atoms with E-state index in [1.165, 1.54) is 0 Å². The van der Waals surface area contributed by atoms with Gasteiger partial charge < -0.3 is 9.72 Å². The van der Waals surface area contributed by atoms with Crippen LogP contribution < -0.4 is 4.74 Å². The highest BCUT2D eigenvalue weighted by molar-refractivity contribution is 5.31. The molecule has 15 heavy (non-hydrogen) atoms. The number of imidazole rings is 1. The number of hydrogen-bond donors (Lipinski definition) is 1. The van der Waals surface area contributed by atoms with Gasteiger partial charge in [0.2, 0.25) is 0 Å². The molecule has 0 bridgehead atoms. The zero-order chi connectivity index (χ0) is 10.7. The van der Waals surface area contributed by atoms with E-state index in [4.69, 9.17) is 4.74 Å². The number of para-hydroxylation sites is 1. The normalized spacial score (nSPS) is 10.3. The van der Waals surface area contributed by atoms with Crippen LogP contribution in [0.15, 0.2) is 30.5 Å². The number of benzene rings is 1. The number of H-pyrrole nitrogens is 1. The summed E-state index contributed by atoms with van der Waals surface area (Å²) in [5.41, 5.74) is 2.19. The summed E-state index contributed by atoms with van der Waals surface area (Å²) in [6.07, 6.45) is 1.80. The van der Waals surface area contributed by atoms with Crippen LogP contribution in [0.5, 0.6) is 5.75 Å².